The van der Waals surface area contributed by atoms with E-state index in [1.165, 1.54) is 4.90 Å². The first-order valence-electron chi connectivity index (χ1n) is 10.3. The van der Waals surface area contributed by atoms with Gasteiger partial charge >= 0.3 is 6.18 Å². The topological polar surface area (TPSA) is 49.3 Å². The van der Waals surface area contributed by atoms with Gasteiger partial charge in [-0.3, -0.25) is 9.89 Å². The van der Waals surface area contributed by atoms with E-state index in [-0.39, 0.29) is 12.0 Å². The summed E-state index contributed by atoms with van der Waals surface area (Å²) in [7, 11) is 3.33. The van der Waals surface area contributed by atoms with E-state index < -0.39 is 12.7 Å². The van der Waals surface area contributed by atoms with Gasteiger partial charge in [0.05, 0.1) is 20.2 Å². The molecule has 30 heavy (non-hydrogen) atoms. The Bertz CT molecular complexity index is 667. The number of alkyl halides is 3. The summed E-state index contributed by atoms with van der Waals surface area (Å²) in [6, 6.07) is 7.40. The molecule has 9 heteroatoms. The average Bonchev–Trinajstić information content (AvgIpc) is 3.15. The van der Waals surface area contributed by atoms with Gasteiger partial charge in [0.1, 0.15) is 17.6 Å². The third kappa shape index (κ3) is 7.93. The van der Waals surface area contributed by atoms with E-state index in [0.717, 1.165) is 30.4 Å². The molecule has 1 aliphatic rings. The SMILES string of the molecule is CCN(CC1CCN(C(=NC)NCC(C)Oc2ccc(OC)cc2)C1)CC(F)(F)F. The Hall–Kier alpha value is -2.16. The highest BCUT2D eigenvalue weighted by Gasteiger charge is 2.33. The van der Waals surface area contributed by atoms with Crippen molar-refractivity contribution in [2.75, 3.05) is 53.4 Å². The van der Waals surface area contributed by atoms with E-state index in [9.17, 15) is 13.2 Å². The molecule has 6 nitrogen and oxygen atoms in total. The van der Waals surface area contributed by atoms with Gasteiger partial charge < -0.3 is 19.7 Å². The lowest BCUT2D eigenvalue weighted by Crippen LogP contribution is -2.44. The van der Waals surface area contributed by atoms with Crippen LogP contribution in [0.15, 0.2) is 29.3 Å². The van der Waals surface area contributed by atoms with Crippen LogP contribution in [-0.4, -0.2) is 81.5 Å². The normalized spacial score (nSPS) is 18.6. The molecule has 1 aromatic carbocycles. The van der Waals surface area contributed by atoms with E-state index >= 15 is 0 Å². The van der Waals surface area contributed by atoms with Gasteiger partial charge in [-0.05, 0) is 50.1 Å². The Morgan fingerprint density at radius 3 is 2.53 bits per heavy atom. The van der Waals surface area contributed by atoms with Crippen LogP contribution < -0.4 is 14.8 Å². The smallest absolute Gasteiger partial charge is 0.401 e. The molecular formula is C21H33F3N4O2. The molecule has 1 aliphatic heterocycles. The molecule has 2 rings (SSSR count). The number of likely N-dealkylation sites (tertiary alicyclic amines) is 1. The lowest BCUT2D eigenvalue weighted by molar-refractivity contribution is -0.146. The second-order valence-electron chi connectivity index (χ2n) is 7.58. The number of hydrogen-bond donors (Lipinski definition) is 1. The quantitative estimate of drug-likeness (QED) is 0.482. The minimum absolute atomic E-state index is 0.0871. The van der Waals surface area contributed by atoms with Gasteiger partial charge in [-0.2, -0.15) is 13.2 Å². The van der Waals surface area contributed by atoms with Crippen LogP contribution in [0.5, 0.6) is 11.5 Å². The highest BCUT2D eigenvalue weighted by molar-refractivity contribution is 5.80. The Morgan fingerprint density at radius 1 is 1.30 bits per heavy atom. The standard InChI is InChI=1S/C21H33F3N4O2/c1-5-27(15-21(22,23)24)13-17-10-11-28(14-17)20(25-3)26-12-16(2)30-19-8-6-18(29-4)7-9-19/h6-9,16-17H,5,10-15H2,1-4H3,(H,25,26). The molecule has 1 saturated heterocycles. The predicted molar refractivity (Wildman–Crippen MR) is 112 cm³/mol. The van der Waals surface area contributed by atoms with Crippen molar-refractivity contribution in [1.29, 1.82) is 0 Å². The van der Waals surface area contributed by atoms with Crippen molar-refractivity contribution in [3.8, 4) is 11.5 Å². The number of halogens is 3. The molecule has 170 valence electrons. The van der Waals surface area contributed by atoms with Crippen LogP contribution in [0.2, 0.25) is 0 Å². The zero-order valence-corrected chi connectivity index (χ0v) is 18.2. The van der Waals surface area contributed by atoms with Crippen molar-refractivity contribution >= 4 is 5.96 Å². The lowest BCUT2D eigenvalue weighted by atomic mass is 10.1. The Labute approximate surface area is 177 Å². The summed E-state index contributed by atoms with van der Waals surface area (Å²) in [4.78, 5) is 7.90. The fraction of sp³-hybridized carbons (Fsp3) is 0.667. The van der Waals surface area contributed by atoms with E-state index in [4.69, 9.17) is 9.47 Å². The third-order valence-corrected chi connectivity index (χ3v) is 5.11. The zero-order valence-electron chi connectivity index (χ0n) is 18.2. The summed E-state index contributed by atoms with van der Waals surface area (Å²) in [6.07, 6.45) is -3.39. The largest absolute Gasteiger partial charge is 0.497 e. The highest BCUT2D eigenvalue weighted by atomic mass is 19.4. The number of guanidine groups is 1. The Balaban J connectivity index is 1.79. The molecular weight excluding hydrogens is 397 g/mol. The Morgan fingerprint density at radius 2 is 1.97 bits per heavy atom. The van der Waals surface area contributed by atoms with Crippen molar-refractivity contribution in [3.05, 3.63) is 24.3 Å². The second-order valence-corrected chi connectivity index (χ2v) is 7.58. The Kier molecular flexibility index (Phi) is 9.08. The fourth-order valence-corrected chi connectivity index (χ4v) is 3.59. The van der Waals surface area contributed by atoms with Crippen LogP contribution in [-0.2, 0) is 0 Å². The zero-order chi connectivity index (χ0) is 22.1. The maximum absolute atomic E-state index is 12.7. The predicted octanol–water partition coefficient (Wildman–Crippen LogP) is 3.24. The van der Waals surface area contributed by atoms with Gasteiger partial charge in [0, 0.05) is 26.7 Å². The van der Waals surface area contributed by atoms with Crippen LogP contribution in [0.3, 0.4) is 0 Å². The minimum atomic E-state index is -4.16. The lowest BCUT2D eigenvalue weighted by Gasteiger charge is -2.26. The molecule has 0 amide bonds. The maximum atomic E-state index is 12.7. The van der Waals surface area contributed by atoms with E-state index in [0.29, 0.717) is 26.2 Å². The summed E-state index contributed by atoms with van der Waals surface area (Å²) in [5.74, 6) is 2.47. The summed E-state index contributed by atoms with van der Waals surface area (Å²) in [5.41, 5.74) is 0. The molecule has 0 saturated carbocycles. The average molecular weight is 431 g/mol. The molecule has 1 fully saturated rings. The molecule has 1 heterocycles. The molecule has 0 spiro atoms. The minimum Gasteiger partial charge on any atom is -0.497 e. The van der Waals surface area contributed by atoms with Crippen molar-refractivity contribution in [2.24, 2.45) is 10.9 Å². The third-order valence-electron chi connectivity index (χ3n) is 5.11. The highest BCUT2D eigenvalue weighted by Crippen LogP contribution is 2.22. The molecule has 0 aromatic heterocycles. The van der Waals surface area contributed by atoms with Crippen molar-refractivity contribution < 1.29 is 22.6 Å². The van der Waals surface area contributed by atoms with Crippen molar-refractivity contribution in [2.45, 2.75) is 32.5 Å². The van der Waals surface area contributed by atoms with E-state index in [2.05, 4.69) is 15.2 Å². The number of hydrogen-bond acceptors (Lipinski definition) is 4. The van der Waals surface area contributed by atoms with Gasteiger partial charge in [-0.15, -0.1) is 0 Å². The molecule has 0 bridgehead atoms. The van der Waals surface area contributed by atoms with Crippen LogP contribution in [0.1, 0.15) is 20.3 Å². The van der Waals surface area contributed by atoms with Gasteiger partial charge in [0.2, 0.25) is 0 Å². The molecule has 1 N–H and O–H groups in total. The summed E-state index contributed by atoms with van der Waals surface area (Å²) in [5, 5.41) is 3.31. The van der Waals surface area contributed by atoms with Crippen LogP contribution in [0, 0.1) is 5.92 Å². The van der Waals surface area contributed by atoms with Gasteiger partial charge in [0.15, 0.2) is 5.96 Å². The second kappa shape index (κ2) is 11.3. The van der Waals surface area contributed by atoms with Crippen molar-refractivity contribution in [1.82, 2.24) is 15.1 Å². The fourth-order valence-electron chi connectivity index (χ4n) is 3.59. The molecule has 1 aromatic rings. The summed E-state index contributed by atoms with van der Waals surface area (Å²) < 4.78 is 49.1. The number of methoxy groups -OCH3 is 1. The first-order valence-corrected chi connectivity index (χ1v) is 10.3. The van der Waals surface area contributed by atoms with Gasteiger partial charge in [-0.25, -0.2) is 0 Å². The van der Waals surface area contributed by atoms with Crippen LogP contribution in [0.25, 0.3) is 0 Å². The number of nitrogens with zero attached hydrogens (tertiary/aromatic N) is 3. The van der Waals surface area contributed by atoms with Gasteiger partial charge in [-0.1, -0.05) is 6.92 Å². The number of benzene rings is 1. The van der Waals surface area contributed by atoms with E-state index in [1.807, 2.05) is 31.2 Å². The number of ether oxygens (including phenoxy) is 2. The number of aliphatic imine (C=N–C) groups is 1. The number of nitrogens with one attached hydrogen (secondary N) is 1. The summed E-state index contributed by atoms with van der Waals surface area (Å²) >= 11 is 0. The maximum Gasteiger partial charge on any atom is 0.401 e. The van der Waals surface area contributed by atoms with Crippen LogP contribution >= 0.6 is 0 Å². The van der Waals surface area contributed by atoms with Crippen LogP contribution in [0.4, 0.5) is 13.2 Å². The van der Waals surface area contributed by atoms with Gasteiger partial charge in [0.25, 0.3) is 0 Å². The first-order chi connectivity index (χ1) is 14.2. The molecule has 0 radical (unpaired) electrons. The summed E-state index contributed by atoms with van der Waals surface area (Å²) in [6.45, 7) is 5.76. The molecule has 2 unspecified atom stereocenters. The molecule has 2 atom stereocenters. The first kappa shape index (κ1) is 24.1. The van der Waals surface area contributed by atoms with Crippen molar-refractivity contribution in [3.63, 3.8) is 0 Å². The monoisotopic (exact) mass is 430 g/mol. The number of rotatable bonds is 9. The van der Waals surface area contributed by atoms with E-state index in [1.54, 1.807) is 21.1 Å². The molecule has 0 aliphatic carbocycles.